The fourth-order valence-corrected chi connectivity index (χ4v) is 2.00. The fraction of sp³-hybridized carbons (Fsp3) is 0.312. The lowest BCUT2D eigenvalue weighted by Crippen LogP contribution is -2.05. The highest BCUT2D eigenvalue weighted by Crippen LogP contribution is 2.38. The van der Waals surface area contributed by atoms with E-state index in [9.17, 15) is 9.90 Å². The van der Waals surface area contributed by atoms with Gasteiger partial charge in [-0.05, 0) is 25.0 Å². The Bertz CT molecular complexity index is 700. The molecule has 0 atom stereocenters. The third kappa shape index (κ3) is 3.18. The van der Waals surface area contributed by atoms with E-state index in [0.29, 0.717) is 29.7 Å². The van der Waals surface area contributed by atoms with Gasteiger partial charge in [0.2, 0.25) is 5.75 Å². The van der Waals surface area contributed by atoms with E-state index in [4.69, 9.17) is 13.9 Å². The van der Waals surface area contributed by atoms with Gasteiger partial charge in [0.05, 0.1) is 13.7 Å². The molecule has 0 aliphatic heterocycles. The van der Waals surface area contributed by atoms with Crippen molar-refractivity contribution in [3.8, 4) is 17.2 Å². The quantitative estimate of drug-likeness (QED) is 0.502. The van der Waals surface area contributed by atoms with Gasteiger partial charge in [-0.15, -0.1) is 0 Å². The maximum atomic E-state index is 11.6. The van der Waals surface area contributed by atoms with Crippen LogP contribution in [0.5, 0.6) is 17.2 Å². The summed E-state index contributed by atoms with van der Waals surface area (Å²) in [6.45, 7) is 2.39. The Kier molecular flexibility index (Phi) is 4.87. The van der Waals surface area contributed by atoms with Crippen molar-refractivity contribution >= 4 is 11.0 Å². The number of allylic oxidation sites excluding steroid dienone is 1. The zero-order valence-corrected chi connectivity index (χ0v) is 12.1. The Balaban J connectivity index is 2.42. The number of ether oxygens (including phenoxy) is 2. The minimum Gasteiger partial charge on any atom is -0.499 e. The van der Waals surface area contributed by atoms with Crippen LogP contribution in [0.3, 0.4) is 0 Å². The van der Waals surface area contributed by atoms with Gasteiger partial charge in [-0.3, -0.25) is 0 Å². The molecule has 2 rings (SSSR count). The van der Waals surface area contributed by atoms with Crippen molar-refractivity contribution in [1.29, 1.82) is 0 Å². The summed E-state index contributed by atoms with van der Waals surface area (Å²) in [5.41, 5.74) is -0.508. The summed E-state index contributed by atoms with van der Waals surface area (Å²) < 4.78 is 15.9. The number of methoxy groups -OCH3 is 1. The van der Waals surface area contributed by atoms with E-state index in [-0.39, 0.29) is 5.75 Å². The molecule has 0 spiro atoms. The summed E-state index contributed by atoms with van der Waals surface area (Å²) in [7, 11) is 1.50. The van der Waals surface area contributed by atoms with Crippen LogP contribution in [-0.2, 0) is 0 Å². The Labute approximate surface area is 122 Å². The van der Waals surface area contributed by atoms with E-state index in [1.54, 1.807) is 18.2 Å². The molecule has 1 aromatic carbocycles. The molecule has 0 aliphatic carbocycles. The minimum absolute atomic E-state index is 0.101. The predicted octanol–water partition coefficient (Wildman–Crippen LogP) is 3.24. The van der Waals surface area contributed by atoms with E-state index >= 15 is 0 Å². The molecule has 21 heavy (non-hydrogen) atoms. The van der Waals surface area contributed by atoms with Crippen LogP contribution < -0.4 is 15.1 Å². The first-order chi connectivity index (χ1) is 10.2. The molecule has 0 aliphatic rings. The topological polar surface area (TPSA) is 68.9 Å². The molecule has 0 saturated heterocycles. The lowest BCUT2D eigenvalue weighted by atomic mass is 10.2. The van der Waals surface area contributed by atoms with Crippen LogP contribution in [0.2, 0.25) is 0 Å². The van der Waals surface area contributed by atoms with Gasteiger partial charge >= 0.3 is 5.63 Å². The number of rotatable bonds is 6. The standard InChI is InChI=1S/C16H18O5/c1-3-4-5-6-10-20-15-13-11(19-2)8-7-9-12(13)21-16(18)14(15)17/h4-5,7-9,17H,3,6,10H2,1-2H3. The number of aromatic hydroxyl groups is 1. The lowest BCUT2D eigenvalue weighted by molar-refractivity contribution is 0.299. The van der Waals surface area contributed by atoms with Gasteiger partial charge in [-0.25, -0.2) is 4.79 Å². The van der Waals surface area contributed by atoms with Crippen LogP contribution in [0.25, 0.3) is 11.0 Å². The third-order valence-corrected chi connectivity index (χ3v) is 2.98. The van der Waals surface area contributed by atoms with Crippen LogP contribution >= 0.6 is 0 Å². The highest BCUT2D eigenvalue weighted by Gasteiger charge is 2.18. The van der Waals surface area contributed by atoms with Crippen molar-refractivity contribution in [1.82, 2.24) is 0 Å². The molecule has 5 nitrogen and oxygen atoms in total. The summed E-state index contributed by atoms with van der Waals surface area (Å²) >= 11 is 0. The van der Waals surface area contributed by atoms with Gasteiger partial charge in [0.15, 0.2) is 5.75 Å². The Morgan fingerprint density at radius 2 is 2.14 bits per heavy atom. The van der Waals surface area contributed by atoms with Gasteiger partial charge < -0.3 is 19.0 Å². The average molecular weight is 290 g/mol. The summed E-state index contributed by atoms with van der Waals surface area (Å²) in [6.07, 6.45) is 5.66. The number of hydrogen-bond donors (Lipinski definition) is 1. The van der Waals surface area contributed by atoms with Crippen molar-refractivity contribution in [2.24, 2.45) is 0 Å². The molecule has 0 saturated carbocycles. The first kappa shape index (κ1) is 15.0. The van der Waals surface area contributed by atoms with Crippen molar-refractivity contribution in [3.05, 3.63) is 40.8 Å². The first-order valence-corrected chi connectivity index (χ1v) is 6.79. The van der Waals surface area contributed by atoms with Crippen molar-refractivity contribution < 1.29 is 19.0 Å². The molecular weight excluding hydrogens is 272 g/mol. The maximum Gasteiger partial charge on any atom is 0.382 e. The average Bonchev–Trinajstić information content (AvgIpc) is 2.49. The SMILES string of the molecule is CCC=CCCOc1c(O)c(=O)oc2cccc(OC)c12. The molecule has 0 fully saturated rings. The second-order valence-corrected chi connectivity index (χ2v) is 4.42. The van der Waals surface area contributed by atoms with E-state index < -0.39 is 11.4 Å². The van der Waals surface area contributed by atoms with Crippen LogP contribution in [0.15, 0.2) is 39.6 Å². The second-order valence-electron chi connectivity index (χ2n) is 4.42. The largest absolute Gasteiger partial charge is 0.499 e. The summed E-state index contributed by atoms with van der Waals surface area (Å²) in [4.78, 5) is 11.6. The van der Waals surface area contributed by atoms with Crippen molar-refractivity contribution in [2.45, 2.75) is 19.8 Å². The van der Waals surface area contributed by atoms with Crippen LogP contribution in [-0.4, -0.2) is 18.8 Å². The van der Waals surface area contributed by atoms with Gasteiger partial charge in [-0.2, -0.15) is 0 Å². The number of fused-ring (bicyclic) bond motifs is 1. The maximum absolute atomic E-state index is 11.6. The number of benzene rings is 1. The number of hydrogen-bond acceptors (Lipinski definition) is 5. The molecule has 1 aromatic heterocycles. The van der Waals surface area contributed by atoms with Gasteiger partial charge in [0.25, 0.3) is 0 Å². The molecule has 0 unspecified atom stereocenters. The van der Waals surface area contributed by atoms with Crippen LogP contribution in [0, 0.1) is 0 Å². The van der Waals surface area contributed by atoms with Gasteiger partial charge in [0.1, 0.15) is 16.7 Å². The van der Waals surface area contributed by atoms with E-state index in [1.807, 2.05) is 19.1 Å². The molecule has 0 radical (unpaired) electrons. The first-order valence-electron chi connectivity index (χ1n) is 6.79. The van der Waals surface area contributed by atoms with Crippen LogP contribution in [0.4, 0.5) is 0 Å². The molecular formula is C16H18O5. The molecule has 2 aromatic rings. The summed E-state index contributed by atoms with van der Waals surface area (Å²) in [5, 5.41) is 10.4. The Hall–Kier alpha value is -2.43. The summed E-state index contributed by atoms with van der Waals surface area (Å²) in [6, 6.07) is 5.04. The zero-order valence-electron chi connectivity index (χ0n) is 12.1. The molecule has 1 N–H and O–H groups in total. The smallest absolute Gasteiger partial charge is 0.382 e. The minimum atomic E-state index is -0.824. The second kappa shape index (κ2) is 6.83. The van der Waals surface area contributed by atoms with E-state index in [2.05, 4.69) is 0 Å². The molecule has 112 valence electrons. The third-order valence-electron chi connectivity index (χ3n) is 2.98. The highest BCUT2D eigenvalue weighted by molar-refractivity contribution is 5.91. The molecule has 1 heterocycles. The van der Waals surface area contributed by atoms with Gasteiger partial charge in [-0.1, -0.05) is 25.1 Å². The lowest BCUT2D eigenvalue weighted by Gasteiger charge is -2.11. The Morgan fingerprint density at radius 3 is 2.86 bits per heavy atom. The summed E-state index contributed by atoms with van der Waals surface area (Å²) in [5.74, 6) is 0.0423. The molecule has 5 heteroatoms. The van der Waals surface area contributed by atoms with Crippen molar-refractivity contribution in [3.63, 3.8) is 0 Å². The van der Waals surface area contributed by atoms with Crippen molar-refractivity contribution in [2.75, 3.05) is 13.7 Å². The normalized spacial score (nSPS) is 11.1. The van der Waals surface area contributed by atoms with Gasteiger partial charge in [0, 0.05) is 0 Å². The molecule has 0 amide bonds. The highest BCUT2D eigenvalue weighted by atomic mass is 16.5. The van der Waals surface area contributed by atoms with Crippen LogP contribution in [0.1, 0.15) is 19.8 Å². The van der Waals surface area contributed by atoms with E-state index in [1.165, 1.54) is 7.11 Å². The van der Waals surface area contributed by atoms with E-state index in [0.717, 1.165) is 6.42 Å². The molecule has 0 bridgehead atoms. The zero-order chi connectivity index (χ0) is 15.2. The fourth-order valence-electron chi connectivity index (χ4n) is 2.00. The monoisotopic (exact) mass is 290 g/mol. The predicted molar refractivity (Wildman–Crippen MR) is 80.2 cm³/mol. The Morgan fingerprint density at radius 1 is 1.33 bits per heavy atom.